The molecule has 8 nitrogen and oxygen atoms in total. The van der Waals surface area contributed by atoms with Crippen molar-refractivity contribution in [3.63, 3.8) is 0 Å². The van der Waals surface area contributed by atoms with Gasteiger partial charge in [0, 0.05) is 0 Å². The smallest absolute Gasteiger partial charge is 0.408 e. The fourth-order valence-electron chi connectivity index (χ4n) is 1.38. The Morgan fingerprint density at radius 2 is 1.62 bits per heavy atom. The summed E-state index contributed by atoms with van der Waals surface area (Å²) in [5, 5.41) is 14.2. The minimum atomic E-state index is -1.24. The highest BCUT2D eigenvalue weighted by Gasteiger charge is 2.30. The number of amides is 2. The first-order valence-corrected chi connectivity index (χ1v) is 6.53. The number of hydrogen-bond donors (Lipinski definition) is 3. The number of carbonyl (C=O) groups excluding carboxylic acids is 3. The van der Waals surface area contributed by atoms with Crippen LogP contribution < -0.4 is 10.6 Å². The van der Waals surface area contributed by atoms with Crippen LogP contribution in [0.5, 0.6) is 0 Å². The molecule has 0 aliphatic rings. The van der Waals surface area contributed by atoms with Crippen LogP contribution in [0.1, 0.15) is 34.6 Å². The first kappa shape index (κ1) is 19.2. The molecule has 3 N–H and O–H groups in total. The van der Waals surface area contributed by atoms with Crippen LogP contribution in [0.15, 0.2) is 0 Å². The van der Waals surface area contributed by atoms with E-state index in [1.165, 1.54) is 21.0 Å². The number of methoxy groups -OCH3 is 1. The number of aliphatic hydroxyl groups excluding tert-OH is 1. The maximum absolute atomic E-state index is 12.0. The monoisotopic (exact) mass is 304 g/mol. The summed E-state index contributed by atoms with van der Waals surface area (Å²) in [6, 6.07) is -2.14. The number of hydrogen-bond acceptors (Lipinski definition) is 6. The Balaban J connectivity index is 4.72. The molecule has 2 unspecified atom stereocenters. The molecule has 0 aromatic carbocycles. The van der Waals surface area contributed by atoms with Gasteiger partial charge >= 0.3 is 12.1 Å². The molecule has 0 aromatic rings. The molecule has 0 spiro atoms. The van der Waals surface area contributed by atoms with Gasteiger partial charge in [-0.2, -0.15) is 0 Å². The number of aliphatic hydroxyl groups is 1. The molecule has 0 saturated carbocycles. The molecule has 0 radical (unpaired) electrons. The zero-order valence-corrected chi connectivity index (χ0v) is 13.2. The van der Waals surface area contributed by atoms with Gasteiger partial charge < -0.3 is 25.2 Å². The largest absolute Gasteiger partial charge is 0.467 e. The maximum atomic E-state index is 12.0. The van der Waals surface area contributed by atoms with E-state index in [1.807, 2.05) is 0 Å². The second-order valence-corrected chi connectivity index (χ2v) is 5.62. The van der Waals surface area contributed by atoms with Crippen molar-refractivity contribution in [2.75, 3.05) is 7.11 Å². The van der Waals surface area contributed by atoms with E-state index in [9.17, 15) is 19.5 Å². The molecule has 0 fully saturated rings. The molecule has 0 bridgehead atoms. The van der Waals surface area contributed by atoms with Crippen molar-refractivity contribution in [3.8, 4) is 0 Å². The van der Waals surface area contributed by atoms with E-state index in [0.717, 1.165) is 0 Å². The van der Waals surface area contributed by atoms with E-state index in [0.29, 0.717) is 0 Å². The number of rotatable bonds is 5. The Kier molecular flexibility index (Phi) is 7.14. The van der Waals surface area contributed by atoms with Crippen LogP contribution in [-0.4, -0.2) is 54.0 Å². The number of ether oxygens (including phenoxy) is 2. The average Bonchev–Trinajstić information content (AvgIpc) is 2.31. The van der Waals surface area contributed by atoms with E-state index in [4.69, 9.17) is 4.74 Å². The summed E-state index contributed by atoms with van der Waals surface area (Å²) < 4.78 is 9.48. The molecule has 122 valence electrons. The summed E-state index contributed by atoms with van der Waals surface area (Å²) in [5.41, 5.74) is -0.733. The SMILES string of the molecule is COC(=O)C(C)NC(=O)[C@@H](NC(=O)OC(C)(C)C)C(C)O. The molecular formula is C13H24N2O6. The van der Waals surface area contributed by atoms with E-state index in [-0.39, 0.29) is 0 Å². The van der Waals surface area contributed by atoms with Gasteiger partial charge in [0.2, 0.25) is 5.91 Å². The molecule has 0 aromatic heterocycles. The molecule has 8 heteroatoms. The Labute approximate surface area is 124 Å². The topological polar surface area (TPSA) is 114 Å². The summed E-state index contributed by atoms with van der Waals surface area (Å²) in [6.07, 6.45) is -2.00. The van der Waals surface area contributed by atoms with Crippen molar-refractivity contribution >= 4 is 18.0 Å². The van der Waals surface area contributed by atoms with Crippen LogP contribution >= 0.6 is 0 Å². The number of esters is 1. The predicted octanol–water partition coefficient (Wildman–Crippen LogP) is -0.0618. The van der Waals surface area contributed by atoms with Crippen LogP contribution in [0.2, 0.25) is 0 Å². The molecule has 0 saturated heterocycles. The number of alkyl carbamates (subject to hydrolysis) is 1. The van der Waals surface area contributed by atoms with Gasteiger partial charge in [-0.25, -0.2) is 9.59 Å². The third-order valence-electron chi connectivity index (χ3n) is 2.35. The van der Waals surface area contributed by atoms with Gasteiger partial charge in [0.1, 0.15) is 17.7 Å². The van der Waals surface area contributed by atoms with Crippen molar-refractivity contribution < 1.29 is 29.0 Å². The third kappa shape index (κ3) is 7.50. The number of carbonyl (C=O) groups is 3. The quantitative estimate of drug-likeness (QED) is 0.613. The normalized spacial score (nSPS) is 15.4. The minimum absolute atomic E-state index is 0.634. The van der Waals surface area contributed by atoms with E-state index >= 15 is 0 Å². The Hall–Kier alpha value is -1.83. The van der Waals surface area contributed by atoms with Crippen LogP contribution in [0.3, 0.4) is 0 Å². The van der Waals surface area contributed by atoms with Crippen molar-refractivity contribution in [3.05, 3.63) is 0 Å². The van der Waals surface area contributed by atoms with Gasteiger partial charge in [-0.15, -0.1) is 0 Å². The summed E-state index contributed by atoms with van der Waals surface area (Å²) in [6.45, 7) is 7.77. The molecular weight excluding hydrogens is 280 g/mol. The summed E-state index contributed by atoms with van der Waals surface area (Å²) in [7, 11) is 1.19. The van der Waals surface area contributed by atoms with Gasteiger partial charge in [0.25, 0.3) is 0 Å². The molecule has 0 heterocycles. The van der Waals surface area contributed by atoms with Crippen molar-refractivity contribution in [2.24, 2.45) is 0 Å². The molecule has 3 atom stereocenters. The first-order valence-electron chi connectivity index (χ1n) is 6.53. The summed E-state index contributed by atoms with van der Waals surface area (Å²) in [5.74, 6) is -1.35. The highest BCUT2D eigenvalue weighted by Crippen LogP contribution is 2.07. The molecule has 0 aliphatic heterocycles. The van der Waals surface area contributed by atoms with Crippen molar-refractivity contribution in [1.82, 2.24) is 10.6 Å². The standard InChI is InChI=1S/C13H24N2O6/c1-7(11(18)20-6)14-10(17)9(8(2)16)15-12(19)21-13(3,4)5/h7-9,16H,1-6H3,(H,14,17)(H,15,19)/t7?,8?,9-/m0/s1. The van der Waals surface area contributed by atoms with Gasteiger partial charge in [-0.1, -0.05) is 0 Å². The van der Waals surface area contributed by atoms with Crippen LogP contribution in [0.4, 0.5) is 4.79 Å². The zero-order chi connectivity index (χ0) is 16.8. The molecule has 0 aliphatic carbocycles. The van der Waals surface area contributed by atoms with Crippen molar-refractivity contribution in [2.45, 2.75) is 58.4 Å². The van der Waals surface area contributed by atoms with Gasteiger partial charge in [-0.05, 0) is 34.6 Å². The second kappa shape index (κ2) is 7.82. The maximum Gasteiger partial charge on any atom is 0.408 e. The average molecular weight is 304 g/mol. The van der Waals surface area contributed by atoms with Crippen molar-refractivity contribution in [1.29, 1.82) is 0 Å². The third-order valence-corrected chi connectivity index (χ3v) is 2.35. The molecule has 21 heavy (non-hydrogen) atoms. The lowest BCUT2D eigenvalue weighted by Gasteiger charge is -2.25. The lowest BCUT2D eigenvalue weighted by Crippen LogP contribution is -2.55. The van der Waals surface area contributed by atoms with Gasteiger partial charge in [0.05, 0.1) is 13.2 Å². The first-order chi connectivity index (χ1) is 9.47. The Morgan fingerprint density at radius 3 is 2.00 bits per heavy atom. The van der Waals surface area contributed by atoms with Gasteiger partial charge in [0.15, 0.2) is 0 Å². The number of nitrogens with one attached hydrogen (secondary N) is 2. The zero-order valence-electron chi connectivity index (χ0n) is 13.2. The fourth-order valence-corrected chi connectivity index (χ4v) is 1.38. The Morgan fingerprint density at radius 1 is 1.10 bits per heavy atom. The van der Waals surface area contributed by atoms with E-state index < -0.39 is 41.8 Å². The van der Waals surface area contributed by atoms with Gasteiger partial charge in [-0.3, -0.25) is 4.79 Å². The second-order valence-electron chi connectivity index (χ2n) is 5.62. The lowest BCUT2D eigenvalue weighted by atomic mass is 10.1. The van der Waals surface area contributed by atoms with Crippen LogP contribution in [0.25, 0.3) is 0 Å². The Bertz CT molecular complexity index is 389. The highest BCUT2D eigenvalue weighted by atomic mass is 16.6. The molecule has 2 amide bonds. The highest BCUT2D eigenvalue weighted by molar-refractivity contribution is 5.89. The van der Waals surface area contributed by atoms with E-state index in [2.05, 4.69) is 15.4 Å². The molecule has 0 rings (SSSR count). The summed E-state index contributed by atoms with van der Waals surface area (Å²) in [4.78, 5) is 34.8. The van der Waals surface area contributed by atoms with E-state index in [1.54, 1.807) is 20.8 Å². The fraction of sp³-hybridized carbons (Fsp3) is 0.769. The van der Waals surface area contributed by atoms with Crippen LogP contribution in [-0.2, 0) is 19.1 Å². The summed E-state index contributed by atoms with van der Waals surface area (Å²) >= 11 is 0. The predicted molar refractivity (Wildman–Crippen MR) is 74.5 cm³/mol. The van der Waals surface area contributed by atoms with Crippen LogP contribution in [0, 0.1) is 0 Å². The minimum Gasteiger partial charge on any atom is -0.467 e. The lowest BCUT2D eigenvalue weighted by molar-refractivity contribution is -0.145.